The van der Waals surface area contributed by atoms with Crippen LogP contribution in [0.4, 0.5) is 28.5 Å². The van der Waals surface area contributed by atoms with E-state index in [4.69, 9.17) is 19.7 Å². The maximum atomic E-state index is 14.4. The molecule has 0 saturated carbocycles. The van der Waals surface area contributed by atoms with Crippen LogP contribution < -0.4 is 15.4 Å². The number of β-amino-alcohol motifs (C(OH)–C–C–N with tert-alkyl or cyclic N) is 1. The second-order valence-electron chi connectivity index (χ2n) is 13.0. The van der Waals surface area contributed by atoms with Crippen molar-refractivity contribution < 1.29 is 36.7 Å². The standard InChI is InChI=1S/C29H33F4N9O4S/c1-26(5-2-4-18-19(26)17(11-34)20(35)47-18)23-36-22(40-46-23)21-37-24(41-8-9-44-15-28(43,13-41)29(31,32)33)39-25(38-21)45-14-27-6-3-7-42(27)12-16(30)10-27/h16,43H,2-10,12-15,35H2,1H3/t16-,26+,27+,28+/m1/s1. The van der Waals surface area contributed by atoms with Crippen LogP contribution in [0.15, 0.2) is 4.52 Å². The molecule has 252 valence electrons. The Kier molecular flexibility index (Phi) is 7.81. The largest absolute Gasteiger partial charge is 0.461 e. The third kappa shape index (κ3) is 5.46. The number of aliphatic hydroxyl groups is 1. The average Bonchev–Trinajstić information content (AvgIpc) is 3.77. The van der Waals surface area contributed by atoms with E-state index in [1.54, 1.807) is 0 Å². The van der Waals surface area contributed by atoms with E-state index < -0.39 is 42.1 Å². The first-order valence-electron chi connectivity index (χ1n) is 15.4. The van der Waals surface area contributed by atoms with Crippen LogP contribution in [0.3, 0.4) is 0 Å². The number of aryl methyl sites for hydroxylation is 1. The molecule has 13 nitrogen and oxygen atoms in total. The first-order chi connectivity index (χ1) is 22.3. The van der Waals surface area contributed by atoms with E-state index in [1.165, 1.54) is 11.3 Å². The van der Waals surface area contributed by atoms with E-state index in [9.17, 15) is 27.9 Å². The Morgan fingerprint density at radius 1 is 1.17 bits per heavy atom. The smallest absolute Gasteiger partial charge is 0.421 e. The predicted octanol–water partition coefficient (Wildman–Crippen LogP) is 3.16. The lowest BCUT2D eigenvalue weighted by molar-refractivity contribution is -0.267. The molecule has 4 aliphatic rings. The Morgan fingerprint density at radius 3 is 2.79 bits per heavy atom. The van der Waals surface area contributed by atoms with E-state index in [1.807, 2.05) is 11.8 Å². The first-order valence-corrected chi connectivity index (χ1v) is 16.2. The Balaban J connectivity index is 1.26. The molecule has 3 N–H and O–H groups in total. The highest BCUT2D eigenvalue weighted by molar-refractivity contribution is 7.16. The number of nitriles is 1. The minimum atomic E-state index is -4.99. The maximum absolute atomic E-state index is 14.4. The number of hydrogen-bond donors (Lipinski definition) is 2. The lowest BCUT2D eigenvalue weighted by Gasteiger charge is -2.32. The van der Waals surface area contributed by atoms with Crippen LogP contribution in [0.1, 0.15) is 60.9 Å². The Hall–Kier alpha value is -3.66. The van der Waals surface area contributed by atoms with Crippen LogP contribution in [0.5, 0.6) is 6.01 Å². The van der Waals surface area contributed by atoms with Gasteiger partial charge >= 0.3 is 12.2 Å². The lowest BCUT2D eigenvalue weighted by Crippen LogP contribution is -2.55. The van der Waals surface area contributed by atoms with Crippen LogP contribution in [0.25, 0.3) is 11.6 Å². The molecular weight excluding hydrogens is 646 g/mol. The molecule has 6 heterocycles. The zero-order valence-electron chi connectivity index (χ0n) is 25.5. The summed E-state index contributed by atoms with van der Waals surface area (Å²) in [6, 6.07) is 1.98. The first kappa shape index (κ1) is 31.9. The number of nitrogen functional groups attached to an aromatic ring is 1. The maximum Gasteiger partial charge on any atom is 0.421 e. The molecule has 0 aromatic carbocycles. The van der Waals surface area contributed by atoms with Gasteiger partial charge in [-0.3, -0.25) is 4.90 Å². The molecule has 0 spiro atoms. The van der Waals surface area contributed by atoms with Crippen molar-refractivity contribution in [1.29, 1.82) is 5.26 Å². The summed E-state index contributed by atoms with van der Waals surface area (Å²) in [6.45, 7) is 0.915. The van der Waals surface area contributed by atoms with Crippen LogP contribution >= 0.6 is 11.3 Å². The molecule has 3 aliphatic heterocycles. The van der Waals surface area contributed by atoms with Crippen LogP contribution in [-0.4, -0.2) is 105 Å². The van der Waals surface area contributed by atoms with Crippen LogP contribution in [-0.2, 0) is 16.6 Å². The van der Waals surface area contributed by atoms with E-state index in [0.717, 1.165) is 41.1 Å². The van der Waals surface area contributed by atoms with E-state index >= 15 is 0 Å². The van der Waals surface area contributed by atoms with Gasteiger partial charge in [0.15, 0.2) is 0 Å². The second-order valence-corrected chi connectivity index (χ2v) is 14.1. The zero-order valence-corrected chi connectivity index (χ0v) is 26.3. The monoisotopic (exact) mass is 679 g/mol. The highest BCUT2D eigenvalue weighted by Crippen LogP contribution is 2.48. The van der Waals surface area contributed by atoms with E-state index in [0.29, 0.717) is 30.0 Å². The lowest BCUT2D eigenvalue weighted by atomic mass is 9.72. The van der Waals surface area contributed by atoms with Crippen LogP contribution in [0.2, 0.25) is 0 Å². The highest BCUT2D eigenvalue weighted by atomic mass is 32.1. The molecule has 18 heteroatoms. The van der Waals surface area contributed by atoms with Crippen molar-refractivity contribution in [3.63, 3.8) is 0 Å². The number of aromatic nitrogens is 5. The molecule has 3 aromatic heterocycles. The van der Waals surface area contributed by atoms with Gasteiger partial charge in [0.1, 0.15) is 23.8 Å². The summed E-state index contributed by atoms with van der Waals surface area (Å²) >= 11 is 1.36. The minimum Gasteiger partial charge on any atom is -0.461 e. The number of halogens is 4. The van der Waals surface area contributed by atoms with Gasteiger partial charge in [-0.1, -0.05) is 5.16 Å². The molecule has 3 saturated heterocycles. The third-order valence-corrected chi connectivity index (χ3v) is 10.9. The Morgan fingerprint density at radius 2 is 2.00 bits per heavy atom. The van der Waals surface area contributed by atoms with Gasteiger partial charge in [0, 0.05) is 30.0 Å². The van der Waals surface area contributed by atoms with E-state index in [-0.39, 0.29) is 55.7 Å². The molecule has 0 radical (unpaired) electrons. The fraction of sp³-hybridized carbons (Fsp3) is 0.655. The van der Waals surface area contributed by atoms with Gasteiger partial charge < -0.3 is 29.7 Å². The van der Waals surface area contributed by atoms with Gasteiger partial charge in [0.25, 0.3) is 0 Å². The molecule has 7 rings (SSSR count). The normalized spacial score (nSPS) is 29.7. The molecule has 0 bridgehead atoms. The molecule has 3 fully saturated rings. The third-order valence-electron chi connectivity index (χ3n) is 9.79. The second kappa shape index (κ2) is 11.5. The van der Waals surface area contributed by atoms with Crippen molar-refractivity contribution in [2.24, 2.45) is 0 Å². The van der Waals surface area contributed by atoms with E-state index in [2.05, 4.69) is 31.2 Å². The SMILES string of the molecule is C[C@]1(c2nc(-c3nc(OC[C@@]45CCCN4C[C@H](F)C5)nc(N4CCOC[C@](O)(C(F)(F)F)C4)n3)no2)CCCc2sc(N)c(C#N)c21. The number of fused-ring (bicyclic) bond motifs is 2. The van der Waals surface area contributed by atoms with Crippen LogP contribution in [0, 0.1) is 11.3 Å². The van der Waals surface area contributed by atoms with Crippen molar-refractivity contribution in [2.45, 2.75) is 74.4 Å². The summed E-state index contributed by atoms with van der Waals surface area (Å²) in [4.78, 5) is 21.9. The quantitative estimate of drug-likeness (QED) is 0.364. The number of alkyl halides is 4. The fourth-order valence-electron chi connectivity index (χ4n) is 7.35. The van der Waals surface area contributed by atoms with Crippen molar-refractivity contribution in [1.82, 2.24) is 30.0 Å². The Bertz CT molecular complexity index is 1720. The summed E-state index contributed by atoms with van der Waals surface area (Å²) < 4.78 is 73.1. The number of ether oxygens (including phenoxy) is 2. The van der Waals surface area contributed by atoms with Gasteiger partial charge in [-0.15, -0.1) is 11.3 Å². The molecule has 3 aromatic rings. The number of anilines is 2. The average molecular weight is 680 g/mol. The number of hydrogen-bond acceptors (Lipinski definition) is 14. The number of nitrogens with zero attached hydrogens (tertiary/aromatic N) is 8. The highest BCUT2D eigenvalue weighted by Gasteiger charge is 2.56. The number of nitrogens with two attached hydrogens (primary N) is 1. The molecule has 0 unspecified atom stereocenters. The molecule has 47 heavy (non-hydrogen) atoms. The summed E-state index contributed by atoms with van der Waals surface area (Å²) in [5.74, 6) is -0.238. The fourth-order valence-corrected chi connectivity index (χ4v) is 8.54. The predicted molar refractivity (Wildman–Crippen MR) is 159 cm³/mol. The summed E-state index contributed by atoms with van der Waals surface area (Å²) in [5.41, 5.74) is 2.70. The van der Waals surface area contributed by atoms with Gasteiger partial charge in [-0.05, 0) is 45.6 Å². The van der Waals surface area contributed by atoms with Gasteiger partial charge in [0.05, 0.1) is 36.3 Å². The molecule has 0 amide bonds. The van der Waals surface area contributed by atoms with Crippen molar-refractivity contribution in [2.75, 3.05) is 56.6 Å². The molecule has 1 aliphatic carbocycles. The molecular formula is C29H33F4N9O4S. The summed E-state index contributed by atoms with van der Waals surface area (Å²) in [5, 5.41) is 24.9. The van der Waals surface area contributed by atoms with Crippen molar-refractivity contribution in [3.8, 4) is 23.7 Å². The van der Waals surface area contributed by atoms with Gasteiger partial charge in [-0.2, -0.15) is 38.4 Å². The summed E-state index contributed by atoms with van der Waals surface area (Å²) in [6.07, 6.45) is -1.97. The number of rotatable bonds is 6. The summed E-state index contributed by atoms with van der Waals surface area (Å²) in [7, 11) is 0. The number of thiophene rings is 1. The van der Waals surface area contributed by atoms with Crippen molar-refractivity contribution >= 4 is 22.3 Å². The zero-order chi connectivity index (χ0) is 33.2. The minimum absolute atomic E-state index is 0.0563. The molecule has 4 atom stereocenters. The van der Waals surface area contributed by atoms with Gasteiger partial charge in [-0.25, -0.2) is 4.39 Å². The van der Waals surface area contributed by atoms with Gasteiger partial charge in [0.2, 0.25) is 29.1 Å². The Labute approximate surface area is 270 Å². The topological polar surface area (TPSA) is 173 Å². The van der Waals surface area contributed by atoms with Crippen molar-refractivity contribution in [3.05, 3.63) is 21.9 Å².